The second-order valence-electron chi connectivity index (χ2n) is 10.9. The zero-order chi connectivity index (χ0) is 24.8. The molecule has 1 aliphatic carbocycles. The van der Waals surface area contributed by atoms with Crippen molar-refractivity contribution in [2.75, 3.05) is 62.7 Å². The van der Waals surface area contributed by atoms with E-state index in [2.05, 4.69) is 52.8 Å². The molecule has 0 aromatic heterocycles. The van der Waals surface area contributed by atoms with Crippen LogP contribution in [-0.2, 0) is 9.53 Å². The number of methoxy groups -OCH3 is 1. The maximum atomic E-state index is 11.9. The van der Waals surface area contributed by atoms with E-state index in [0.29, 0.717) is 30.3 Å². The van der Waals surface area contributed by atoms with Crippen LogP contribution in [0.4, 0.5) is 11.4 Å². The summed E-state index contributed by atoms with van der Waals surface area (Å²) >= 11 is 0. The molecule has 0 spiro atoms. The van der Waals surface area contributed by atoms with E-state index in [1.54, 1.807) is 0 Å². The molecule has 1 aromatic rings. The Morgan fingerprint density at radius 3 is 2.25 bits per heavy atom. The van der Waals surface area contributed by atoms with Crippen molar-refractivity contribution >= 4 is 35.1 Å². The molecule has 5 nitrogen and oxygen atoms in total. The summed E-state index contributed by atoms with van der Waals surface area (Å²) in [5.41, 5.74) is 6.20. The van der Waals surface area contributed by atoms with Gasteiger partial charge in [0.2, 0.25) is 0 Å². The third-order valence-electron chi connectivity index (χ3n) is 9.18. The van der Waals surface area contributed by atoms with Crippen molar-refractivity contribution in [3.63, 3.8) is 0 Å². The van der Waals surface area contributed by atoms with Crippen molar-refractivity contribution in [3.05, 3.63) is 29.8 Å². The van der Waals surface area contributed by atoms with Gasteiger partial charge in [0.25, 0.3) is 0 Å². The molecular weight excluding hydrogens is 470 g/mol. The molecule has 0 atom stereocenters. The van der Waals surface area contributed by atoms with Gasteiger partial charge in [0.1, 0.15) is 5.78 Å². The number of nitrogens with zero attached hydrogens (tertiary/aromatic N) is 3. The smallest absolute Gasteiger partial charge is 0.146 e. The van der Waals surface area contributed by atoms with Gasteiger partial charge in [0.05, 0.1) is 12.6 Å². The maximum absolute atomic E-state index is 11.9. The predicted octanol–water partition coefficient (Wildman–Crippen LogP) is 6.20. The van der Waals surface area contributed by atoms with Crippen LogP contribution in [0.5, 0.6) is 0 Å². The zero-order valence-corrected chi connectivity index (χ0v) is 23.9. The van der Waals surface area contributed by atoms with Crippen molar-refractivity contribution < 1.29 is 9.53 Å². The summed E-state index contributed by atoms with van der Waals surface area (Å²) in [6.45, 7) is 13.3. The molecule has 0 N–H and O–H groups in total. The summed E-state index contributed by atoms with van der Waals surface area (Å²) < 4.78 is 5.61. The van der Waals surface area contributed by atoms with Crippen LogP contribution >= 0.6 is 12.4 Å². The van der Waals surface area contributed by atoms with Gasteiger partial charge in [0, 0.05) is 69.7 Å². The number of halogens is 1. The minimum atomic E-state index is 0. The number of Topliss-reactive ketones (excluding diaryl/α,β-unsaturated/α-hetero) is 1. The fourth-order valence-electron chi connectivity index (χ4n) is 6.19. The molecule has 202 valence electrons. The first-order valence-electron chi connectivity index (χ1n) is 14.1. The molecule has 36 heavy (non-hydrogen) atoms. The van der Waals surface area contributed by atoms with Gasteiger partial charge in [-0.05, 0) is 61.3 Å². The maximum Gasteiger partial charge on any atom is 0.146 e. The monoisotopic (exact) mass is 517 g/mol. The molecule has 4 rings (SSSR count). The summed E-state index contributed by atoms with van der Waals surface area (Å²) in [6.07, 6.45) is 12.0. The fraction of sp³-hybridized carbons (Fsp3) is 0.700. The number of ketones is 1. The number of hydrogen-bond donors (Lipinski definition) is 0. The summed E-state index contributed by atoms with van der Waals surface area (Å²) in [6, 6.07) is 7.19. The lowest BCUT2D eigenvalue weighted by atomic mass is 9.70. The van der Waals surface area contributed by atoms with Crippen LogP contribution < -0.4 is 9.80 Å². The van der Waals surface area contributed by atoms with Crippen LogP contribution in [-0.4, -0.2) is 69.7 Å². The SMILES string of the molecule is CCC(=O)CN1CCN(c2ccc(N3CCC(OC)CC3)cc2C2=CCC(CC)(CC)CC2)CC1.Cl. The van der Waals surface area contributed by atoms with E-state index < -0.39 is 0 Å². The number of carbonyl (C=O) groups is 1. The Bertz CT molecular complexity index is 882. The Hall–Kier alpha value is -1.56. The van der Waals surface area contributed by atoms with E-state index >= 15 is 0 Å². The van der Waals surface area contributed by atoms with Crippen LogP contribution in [0.1, 0.15) is 77.7 Å². The lowest BCUT2D eigenvalue weighted by Gasteiger charge is -2.39. The summed E-state index contributed by atoms with van der Waals surface area (Å²) in [4.78, 5) is 19.4. The summed E-state index contributed by atoms with van der Waals surface area (Å²) in [5.74, 6) is 0.350. The van der Waals surface area contributed by atoms with Gasteiger partial charge in [-0.15, -0.1) is 12.4 Å². The van der Waals surface area contributed by atoms with E-state index in [4.69, 9.17) is 4.74 Å². The number of rotatable bonds is 9. The number of allylic oxidation sites excluding steroid dienone is 2. The van der Waals surface area contributed by atoms with E-state index in [-0.39, 0.29) is 12.4 Å². The van der Waals surface area contributed by atoms with Crippen LogP contribution in [0.2, 0.25) is 0 Å². The second-order valence-corrected chi connectivity index (χ2v) is 10.9. The molecule has 6 heteroatoms. The number of anilines is 2. The lowest BCUT2D eigenvalue weighted by Crippen LogP contribution is -2.48. The van der Waals surface area contributed by atoms with Gasteiger partial charge in [-0.2, -0.15) is 0 Å². The van der Waals surface area contributed by atoms with E-state index in [9.17, 15) is 4.79 Å². The van der Waals surface area contributed by atoms with Crippen LogP contribution in [0.3, 0.4) is 0 Å². The predicted molar refractivity (Wildman–Crippen MR) is 155 cm³/mol. The summed E-state index contributed by atoms with van der Waals surface area (Å²) in [5, 5.41) is 0. The van der Waals surface area contributed by atoms with E-state index in [0.717, 1.165) is 52.1 Å². The van der Waals surface area contributed by atoms with Gasteiger partial charge < -0.3 is 14.5 Å². The van der Waals surface area contributed by atoms with Crippen molar-refractivity contribution in [3.8, 4) is 0 Å². The van der Waals surface area contributed by atoms with Crippen molar-refractivity contribution in [1.82, 2.24) is 4.90 Å². The number of ether oxygens (including phenoxy) is 1. The Balaban J connectivity index is 0.00000361. The van der Waals surface area contributed by atoms with Crippen LogP contribution in [0.25, 0.3) is 5.57 Å². The number of piperidine rings is 1. The molecule has 0 bridgehead atoms. The number of benzene rings is 1. The second kappa shape index (κ2) is 13.3. The number of piperazine rings is 1. The Labute approximate surface area is 225 Å². The molecule has 0 amide bonds. The molecule has 2 aliphatic heterocycles. The highest BCUT2D eigenvalue weighted by molar-refractivity contribution is 5.85. The molecular formula is C30H48ClN3O2. The standard InChI is InChI=1S/C30H47N3O2.ClH/c1-5-26(34)23-31-18-20-33(21-19-31)29-9-8-25(32-16-12-27(35-4)13-17-32)22-28(29)24-10-14-30(6-2,7-3)15-11-24;/h8-10,22,27H,5-7,11-21,23H2,1-4H3;1H. The molecule has 3 aliphatic rings. The van der Waals surface area contributed by atoms with Crippen LogP contribution in [0.15, 0.2) is 24.3 Å². The molecule has 0 radical (unpaired) electrons. The lowest BCUT2D eigenvalue weighted by molar-refractivity contribution is -0.119. The first-order valence-corrected chi connectivity index (χ1v) is 14.1. The molecule has 1 aromatic carbocycles. The average Bonchev–Trinajstić information content (AvgIpc) is 2.93. The van der Waals surface area contributed by atoms with Crippen molar-refractivity contribution in [2.24, 2.45) is 5.41 Å². The number of carbonyl (C=O) groups excluding carboxylic acids is 1. The molecule has 0 unspecified atom stereocenters. The van der Waals surface area contributed by atoms with Crippen molar-refractivity contribution in [1.29, 1.82) is 0 Å². The van der Waals surface area contributed by atoms with Gasteiger partial charge >= 0.3 is 0 Å². The van der Waals surface area contributed by atoms with Gasteiger partial charge in [-0.3, -0.25) is 9.69 Å². The third-order valence-corrected chi connectivity index (χ3v) is 9.18. The van der Waals surface area contributed by atoms with E-state index in [1.165, 1.54) is 54.6 Å². The third kappa shape index (κ3) is 6.65. The van der Waals surface area contributed by atoms with Crippen molar-refractivity contribution in [2.45, 2.75) is 78.2 Å². The first-order chi connectivity index (χ1) is 17.0. The van der Waals surface area contributed by atoms with Gasteiger partial charge in [-0.25, -0.2) is 0 Å². The Kier molecular flexibility index (Phi) is 10.7. The highest BCUT2D eigenvalue weighted by Crippen LogP contribution is 2.45. The highest BCUT2D eigenvalue weighted by Gasteiger charge is 2.30. The number of hydrogen-bond acceptors (Lipinski definition) is 5. The van der Waals surface area contributed by atoms with Gasteiger partial charge in [-0.1, -0.05) is 39.7 Å². The van der Waals surface area contributed by atoms with Crippen LogP contribution in [0, 0.1) is 5.41 Å². The fourth-order valence-corrected chi connectivity index (χ4v) is 6.19. The zero-order valence-electron chi connectivity index (χ0n) is 23.1. The highest BCUT2D eigenvalue weighted by atomic mass is 35.5. The van der Waals surface area contributed by atoms with Gasteiger partial charge in [0.15, 0.2) is 0 Å². The molecule has 2 fully saturated rings. The quantitative estimate of drug-likeness (QED) is 0.390. The summed E-state index contributed by atoms with van der Waals surface area (Å²) in [7, 11) is 1.84. The molecule has 2 saturated heterocycles. The largest absolute Gasteiger partial charge is 0.381 e. The Morgan fingerprint density at radius 1 is 1.00 bits per heavy atom. The minimum Gasteiger partial charge on any atom is -0.381 e. The normalized spacial score (nSPS) is 21.2. The molecule has 0 saturated carbocycles. The Morgan fingerprint density at radius 2 is 1.69 bits per heavy atom. The topological polar surface area (TPSA) is 36.0 Å². The van der Waals surface area contributed by atoms with E-state index in [1.807, 2.05) is 14.0 Å². The minimum absolute atomic E-state index is 0. The average molecular weight is 518 g/mol. The first kappa shape index (κ1) is 29.0. The molecule has 2 heterocycles.